The van der Waals surface area contributed by atoms with Crippen molar-refractivity contribution in [2.45, 2.75) is 26.4 Å². The Morgan fingerprint density at radius 1 is 1.50 bits per heavy atom. The third kappa shape index (κ3) is 3.24. The Balaban J connectivity index is 2.03. The van der Waals surface area contributed by atoms with Crippen LogP contribution in [0.25, 0.3) is 0 Å². The Morgan fingerprint density at radius 3 is 2.85 bits per heavy atom. The van der Waals surface area contributed by atoms with Gasteiger partial charge in [-0.2, -0.15) is 5.10 Å². The molecule has 1 aromatic heterocycles. The molecule has 0 radical (unpaired) electrons. The Morgan fingerprint density at radius 2 is 2.25 bits per heavy atom. The lowest BCUT2D eigenvalue weighted by Gasteiger charge is -2.13. The maximum atomic E-state index is 11.2. The first kappa shape index (κ1) is 14.3. The maximum absolute atomic E-state index is 11.2. The first-order valence-electron chi connectivity index (χ1n) is 6.59. The molecule has 0 saturated heterocycles. The van der Waals surface area contributed by atoms with Crippen LogP contribution in [0.1, 0.15) is 40.1 Å². The number of carbonyl (C=O) groups is 1. The molecular weight excluding hydrogens is 252 g/mol. The van der Waals surface area contributed by atoms with Crippen LogP contribution < -0.4 is 11.1 Å². The summed E-state index contributed by atoms with van der Waals surface area (Å²) in [5.74, 6) is -0.400. The van der Waals surface area contributed by atoms with E-state index in [0.29, 0.717) is 12.1 Å². The first-order chi connectivity index (χ1) is 9.47. The van der Waals surface area contributed by atoms with Crippen molar-refractivity contribution < 1.29 is 4.79 Å². The number of carbonyl (C=O) groups excluding carboxylic acids is 1. The molecule has 0 aliphatic heterocycles. The summed E-state index contributed by atoms with van der Waals surface area (Å²) in [7, 11) is 1.92. The fraction of sp³-hybridized carbons (Fsp3) is 0.333. The zero-order chi connectivity index (χ0) is 14.7. The van der Waals surface area contributed by atoms with Crippen LogP contribution in [0.3, 0.4) is 0 Å². The fourth-order valence-electron chi connectivity index (χ4n) is 2.26. The van der Waals surface area contributed by atoms with Crippen LogP contribution in [0.2, 0.25) is 0 Å². The Kier molecular flexibility index (Phi) is 4.20. The molecule has 0 aliphatic carbocycles. The lowest BCUT2D eigenvalue weighted by Crippen LogP contribution is -2.19. The minimum atomic E-state index is -0.400. The molecule has 0 aliphatic rings. The molecule has 1 atom stereocenters. The van der Waals surface area contributed by atoms with Crippen LogP contribution in [-0.4, -0.2) is 15.7 Å². The van der Waals surface area contributed by atoms with Crippen LogP contribution in [0.4, 0.5) is 0 Å². The molecule has 5 nitrogen and oxygen atoms in total. The second-order valence-corrected chi connectivity index (χ2v) is 5.01. The van der Waals surface area contributed by atoms with E-state index in [4.69, 9.17) is 5.73 Å². The van der Waals surface area contributed by atoms with Crippen molar-refractivity contribution in [1.82, 2.24) is 15.1 Å². The van der Waals surface area contributed by atoms with Crippen molar-refractivity contribution in [2.24, 2.45) is 12.8 Å². The summed E-state index contributed by atoms with van der Waals surface area (Å²) in [5.41, 5.74) is 9.06. The highest BCUT2D eigenvalue weighted by atomic mass is 16.1. The minimum Gasteiger partial charge on any atom is -0.366 e. The predicted molar refractivity (Wildman–Crippen MR) is 78.2 cm³/mol. The topological polar surface area (TPSA) is 72.9 Å². The molecule has 5 heteroatoms. The average molecular weight is 272 g/mol. The molecule has 1 amide bonds. The molecule has 0 saturated carbocycles. The second-order valence-electron chi connectivity index (χ2n) is 5.01. The smallest absolute Gasteiger partial charge is 0.248 e. The van der Waals surface area contributed by atoms with Gasteiger partial charge in [0.15, 0.2) is 0 Å². The van der Waals surface area contributed by atoms with Crippen molar-refractivity contribution in [3.8, 4) is 0 Å². The molecular formula is C15H20N4O. The van der Waals surface area contributed by atoms with Crippen LogP contribution in [0, 0.1) is 6.92 Å². The third-order valence-electron chi connectivity index (χ3n) is 3.34. The number of aromatic nitrogens is 2. The number of hydrogen-bond acceptors (Lipinski definition) is 3. The van der Waals surface area contributed by atoms with Crippen LogP contribution in [-0.2, 0) is 13.6 Å². The molecule has 2 aromatic rings. The molecule has 1 heterocycles. The molecule has 3 N–H and O–H groups in total. The van der Waals surface area contributed by atoms with E-state index in [1.165, 1.54) is 5.56 Å². The van der Waals surface area contributed by atoms with Gasteiger partial charge in [-0.05, 0) is 31.5 Å². The van der Waals surface area contributed by atoms with Gasteiger partial charge >= 0.3 is 0 Å². The van der Waals surface area contributed by atoms with Gasteiger partial charge < -0.3 is 11.1 Å². The van der Waals surface area contributed by atoms with Crippen molar-refractivity contribution in [2.75, 3.05) is 0 Å². The third-order valence-corrected chi connectivity index (χ3v) is 3.34. The van der Waals surface area contributed by atoms with Crippen LogP contribution in [0.5, 0.6) is 0 Å². The Bertz CT molecular complexity index is 618. The van der Waals surface area contributed by atoms with Gasteiger partial charge in [-0.15, -0.1) is 0 Å². The second kappa shape index (κ2) is 5.88. The maximum Gasteiger partial charge on any atom is 0.248 e. The zero-order valence-electron chi connectivity index (χ0n) is 12.1. The summed E-state index contributed by atoms with van der Waals surface area (Å²) in [6.07, 6.45) is 2.02. The van der Waals surface area contributed by atoms with Gasteiger partial charge in [0.05, 0.1) is 5.69 Å². The summed E-state index contributed by atoms with van der Waals surface area (Å²) < 4.78 is 1.82. The SMILES string of the molecule is Cc1nn(C)cc1C(C)NCc1cccc(C(N)=O)c1. The molecule has 0 fully saturated rings. The summed E-state index contributed by atoms with van der Waals surface area (Å²) in [5, 5.41) is 7.77. The van der Waals surface area contributed by atoms with Gasteiger partial charge in [0.2, 0.25) is 5.91 Å². The summed E-state index contributed by atoms with van der Waals surface area (Å²) >= 11 is 0. The molecule has 106 valence electrons. The normalized spacial score (nSPS) is 12.3. The quantitative estimate of drug-likeness (QED) is 0.869. The van der Waals surface area contributed by atoms with Crippen molar-refractivity contribution >= 4 is 5.91 Å². The molecule has 1 aromatic carbocycles. The van der Waals surface area contributed by atoms with E-state index < -0.39 is 5.91 Å². The monoisotopic (exact) mass is 272 g/mol. The van der Waals surface area contributed by atoms with Crippen LogP contribution in [0.15, 0.2) is 30.5 Å². The van der Waals surface area contributed by atoms with Gasteiger partial charge in [0.1, 0.15) is 0 Å². The highest BCUT2D eigenvalue weighted by Crippen LogP contribution is 2.16. The Hall–Kier alpha value is -2.14. The number of hydrogen-bond donors (Lipinski definition) is 2. The fourth-order valence-corrected chi connectivity index (χ4v) is 2.26. The molecule has 1 unspecified atom stereocenters. The highest BCUT2D eigenvalue weighted by Gasteiger charge is 2.11. The average Bonchev–Trinajstić information content (AvgIpc) is 2.75. The number of rotatable bonds is 5. The summed E-state index contributed by atoms with van der Waals surface area (Å²) in [6, 6.07) is 7.55. The largest absolute Gasteiger partial charge is 0.366 e. The van der Waals surface area contributed by atoms with E-state index in [0.717, 1.165) is 11.3 Å². The first-order valence-corrected chi connectivity index (χ1v) is 6.59. The van der Waals surface area contributed by atoms with Crippen LogP contribution >= 0.6 is 0 Å². The lowest BCUT2D eigenvalue weighted by atomic mass is 10.1. The van der Waals surface area contributed by atoms with E-state index in [-0.39, 0.29) is 6.04 Å². The predicted octanol–water partition coefficient (Wildman–Crippen LogP) is 1.68. The number of nitrogens with two attached hydrogens (primary N) is 1. The number of nitrogens with one attached hydrogen (secondary N) is 1. The molecule has 0 spiro atoms. The van der Waals surface area contributed by atoms with E-state index in [1.807, 2.05) is 43.0 Å². The zero-order valence-corrected chi connectivity index (χ0v) is 12.1. The van der Waals surface area contributed by atoms with Crippen molar-refractivity contribution in [3.05, 3.63) is 52.8 Å². The van der Waals surface area contributed by atoms with Gasteiger partial charge in [-0.3, -0.25) is 9.48 Å². The summed E-state index contributed by atoms with van der Waals surface area (Å²) in [6.45, 7) is 4.78. The molecule has 2 rings (SSSR count). The van der Waals surface area contributed by atoms with Gasteiger partial charge in [0, 0.05) is 37.0 Å². The van der Waals surface area contributed by atoms with E-state index in [2.05, 4.69) is 17.3 Å². The lowest BCUT2D eigenvalue weighted by molar-refractivity contribution is 0.1000. The summed E-state index contributed by atoms with van der Waals surface area (Å²) in [4.78, 5) is 11.2. The number of benzene rings is 1. The molecule has 0 bridgehead atoms. The van der Waals surface area contributed by atoms with Gasteiger partial charge in [-0.1, -0.05) is 12.1 Å². The van der Waals surface area contributed by atoms with Gasteiger partial charge in [-0.25, -0.2) is 0 Å². The van der Waals surface area contributed by atoms with Crippen molar-refractivity contribution in [3.63, 3.8) is 0 Å². The number of primary amides is 1. The van der Waals surface area contributed by atoms with E-state index >= 15 is 0 Å². The van der Waals surface area contributed by atoms with E-state index in [1.54, 1.807) is 6.07 Å². The number of aryl methyl sites for hydroxylation is 2. The minimum absolute atomic E-state index is 0.195. The number of nitrogens with zero attached hydrogens (tertiary/aromatic N) is 2. The number of amides is 1. The standard InChI is InChI=1S/C15H20N4O/c1-10(14-9-19(3)18-11(14)2)17-8-12-5-4-6-13(7-12)15(16)20/h4-7,9-10,17H,8H2,1-3H3,(H2,16,20). The van der Waals surface area contributed by atoms with E-state index in [9.17, 15) is 4.79 Å². The Labute approximate surface area is 118 Å². The van der Waals surface area contributed by atoms with Gasteiger partial charge in [0.25, 0.3) is 0 Å². The molecule has 20 heavy (non-hydrogen) atoms. The van der Waals surface area contributed by atoms with Crippen molar-refractivity contribution in [1.29, 1.82) is 0 Å². The highest BCUT2D eigenvalue weighted by molar-refractivity contribution is 5.92.